The lowest BCUT2D eigenvalue weighted by Crippen LogP contribution is -2.49. The summed E-state index contributed by atoms with van der Waals surface area (Å²) in [6.07, 6.45) is 4.01. The molecule has 1 saturated carbocycles. The number of aryl methyl sites for hydroxylation is 1. The van der Waals surface area contributed by atoms with E-state index in [9.17, 15) is 4.79 Å². The fourth-order valence-corrected chi connectivity index (χ4v) is 5.94. The van der Waals surface area contributed by atoms with E-state index in [0.29, 0.717) is 5.39 Å². The first-order valence-corrected chi connectivity index (χ1v) is 14.3. The largest absolute Gasteiger partial charge is 0.414 e. The maximum Gasteiger partial charge on any atom is 0.262 e. The van der Waals surface area contributed by atoms with Crippen LogP contribution < -0.4 is 5.56 Å². The van der Waals surface area contributed by atoms with Crippen LogP contribution in [0.4, 0.5) is 0 Å². The molecule has 1 aliphatic carbocycles. The molecule has 0 bridgehead atoms. The summed E-state index contributed by atoms with van der Waals surface area (Å²) in [7, 11) is -1.78. The van der Waals surface area contributed by atoms with E-state index in [1.165, 1.54) is 11.8 Å². The molecule has 0 saturated heterocycles. The van der Waals surface area contributed by atoms with Crippen molar-refractivity contribution in [3.05, 3.63) is 32.5 Å². The molecule has 1 fully saturated rings. The van der Waals surface area contributed by atoms with Gasteiger partial charge in [0.25, 0.3) is 5.56 Å². The van der Waals surface area contributed by atoms with Gasteiger partial charge in [0, 0.05) is 16.6 Å². The Hall–Kier alpha value is -0.633. The van der Waals surface area contributed by atoms with Crippen molar-refractivity contribution in [1.82, 2.24) is 9.55 Å². The third-order valence-corrected chi connectivity index (χ3v) is 11.7. The number of aromatic nitrogens is 2. The molecule has 0 unspecified atom stereocenters. The predicted octanol–water partition coefficient (Wildman–Crippen LogP) is 5.91. The summed E-state index contributed by atoms with van der Waals surface area (Å²) in [6.45, 7) is 13.4. The SMILES string of the molecule is CSc1nc2c(Br)cc(C)cc2c(=O)n1C1CC(O[Si](C)(C)C(C)(C)C)C1. The van der Waals surface area contributed by atoms with Gasteiger partial charge in [-0.1, -0.05) is 32.5 Å². The van der Waals surface area contributed by atoms with Crippen LogP contribution in [0.3, 0.4) is 0 Å². The summed E-state index contributed by atoms with van der Waals surface area (Å²) in [5.74, 6) is 0. The first kappa shape index (κ1) is 21.1. The van der Waals surface area contributed by atoms with Crippen molar-refractivity contribution in [3.63, 3.8) is 0 Å². The van der Waals surface area contributed by atoms with Crippen LogP contribution in [0.1, 0.15) is 45.2 Å². The van der Waals surface area contributed by atoms with Crippen molar-refractivity contribution < 1.29 is 4.43 Å². The predicted molar refractivity (Wildman–Crippen MR) is 121 cm³/mol. The number of rotatable bonds is 4. The van der Waals surface area contributed by atoms with Crippen LogP contribution in [0.25, 0.3) is 10.9 Å². The minimum Gasteiger partial charge on any atom is -0.414 e. The van der Waals surface area contributed by atoms with Gasteiger partial charge in [-0.2, -0.15) is 0 Å². The van der Waals surface area contributed by atoms with E-state index in [2.05, 4.69) is 49.8 Å². The second-order valence-electron chi connectivity index (χ2n) is 9.04. The summed E-state index contributed by atoms with van der Waals surface area (Å²) >= 11 is 5.10. The standard InChI is InChI=1S/C20H29BrN2O2SSi/c1-12-8-15-17(16(21)9-12)22-19(26-5)23(18(15)24)13-10-14(11-13)25-27(6,7)20(2,3)4/h8-9,13-14H,10-11H2,1-7H3. The van der Waals surface area contributed by atoms with Crippen LogP contribution in [-0.2, 0) is 4.43 Å². The van der Waals surface area contributed by atoms with Crippen molar-refractivity contribution in [2.75, 3.05) is 6.26 Å². The average Bonchev–Trinajstić information content (AvgIpc) is 2.50. The van der Waals surface area contributed by atoms with E-state index in [0.717, 1.165) is 33.6 Å². The molecule has 4 nitrogen and oxygen atoms in total. The van der Waals surface area contributed by atoms with E-state index in [4.69, 9.17) is 9.41 Å². The molecule has 0 radical (unpaired) electrons. The molecule has 1 aromatic carbocycles. The summed E-state index contributed by atoms with van der Waals surface area (Å²) in [5, 5.41) is 1.68. The van der Waals surface area contributed by atoms with Crippen LogP contribution in [0, 0.1) is 6.92 Å². The van der Waals surface area contributed by atoms with Gasteiger partial charge in [0.2, 0.25) is 0 Å². The number of fused-ring (bicyclic) bond motifs is 1. The van der Waals surface area contributed by atoms with E-state index >= 15 is 0 Å². The Morgan fingerprint density at radius 3 is 2.48 bits per heavy atom. The van der Waals surface area contributed by atoms with Gasteiger partial charge in [-0.05, 0) is 77.8 Å². The number of benzene rings is 1. The molecule has 0 amide bonds. The zero-order valence-corrected chi connectivity index (χ0v) is 20.6. The van der Waals surface area contributed by atoms with Crippen molar-refractivity contribution in [2.24, 2.45) is 0 Å². The fraction of sp³-hybridized carbons (Fsp3) is 0.600. The van der Waals surface area contributed by atoms with Gasteiger partial charge in [0.05, 0.1) is 10.9 Å². The highest BCUT2D eigenvalue weighted by Crippen LogP contribution is 2.43. The molecular formula is C20H29BrN2O2SSi. The van der Waals surface area contributed by atoms with Crippen molar-refractivity contribution >= 4 is 46.9 Å². The van der Waals surface area contributed by atoms with Gasteiger partial charge in [0.15, 0.2) is 13.5 Å². The molecule has 0 N–H and O–H groups in total. The number of halogens is 1. The lowest BCUT2D eigenvalue weighted by molar-refractivity contribution is 0.0524. The summed E-state index contributed by atoms with van der Waals surface area (Å²) < 4.78 is 9.29. The zero-order valence-electron chi connectivity index (χ0n) is 17.2. The summed E-state index contributed by atoms with van der Waals surface area (Å²) in [6, 6.07) is 4.12. The van der Waals surface area contributed by atoms with Gasteiger partial charge in [0.1, 0.15) is 0 Å². The Bertz CT molecular complexity index is 930. The van der Waals surface area contributed by atoms with Gasteiger partial charge in [-0.25, -0.2) is 4.98 Å². The van der Waals surface area contributed by atoms with E-state index in [1.807, 2.05) is 29.9 Å². The lowest BCUT2D eigenvalue weighted by Gasteiger charge is -2.45. The molecule has 148 valence electrons. The van der Waals surface area contributed by atoms with Crippen molar-refractivity contribution in [3.8, 4) is 0 Å². The van der Waals surface area contributed by atoms with Crippen LogP contribution >= 0.6 is 27.7 Å². The lowest BCUT2D eigenvalue weighted by atomic mass is 9.89. The number of hydrogen-bond donors (Lipinski definition) is 0. The maximum atomic E-state index is 13.3. The Morgan fingerprint density at radius 1 is 1.30 bits per heavy atom. The molecule has 0 spiro atoms. The van der Waals surface area contributed by atoms with Crippen LogP contribution in [0.15, 0.2) is 26.6 Å². The molecule has 1 aromatic heterocycles. The molecule has 0 atom stereocenters. The smallest absolute Gasteiger partial charge is 0.262 e. The third-order valence-electron chi connectivity index (χ3n) is 5.96. The summed E-state index contributed by atoms with van der Waals surface area (Å²) in [4.78, 5) is 18.0. The van der Waals surface area contributed by atoms with Crippen molar-refractivity contribution in [2.45, 2.75) is 76.0 Å². The second-order valence-corrected chi connectivity index (χ2v) is 15.4. The molecule has 1 aliphatic rings. The number of thioether (sulfide) groups is 1. The van der Waals surface area contributed by atoms with Gasteiger partial charge >= 0.3 is 0 Å². The van der Waals surface area contributed by atoms with Gasteiger partial charge < -0.3 is 4.43 Å². The van der Waals surface area contributed by atoms with E-state index in [-0.39, 0.29) is 22.7 Å². The summed E-state index contributed by atoms with van der Waals surface area (Å²) in [5.41, 5.74) is 1.87. The third kappa shape index (κ3) is 3.93. The average molecular weight is 470 g/mol. The normalized spacial score (nSPS) is 20.7. The molecule has 1 heterocycles. The monoisotopic (exact) mass is 468 g/mol. The Labute approximate surface area is 175 Å². The Kier molecular flexibility index (Phi) is 5.71. The van der Waals surface area contributed by atoms with Crippen LogP contribution in [0.2, 0.25) is 18.1 Å². The van der Waals surface area contributed by atoms with Gasteiger partial charge in [-0.3, -0.25) is 9.36 Å². The molecule has 27 heavy (non-hydrogen) atoms. The fourth-order valence-electron chi connectivity index (χ4n) is 3.28. The second kappa shape index (κ2) is 7.32. The van der Waals surface area contributed by atoms with E-state index in [1.54, 1.807) is 0 Å². The Balaban J connectivity index is 1.91. The van der Waals surface area contributed by atoms with E-state index < -0.39 is 8.32 Å². The quantitative estimate of drug-likeness (QED) is 0.317. The van der Waals surface area contributed by atoms with Crippen LogP contribution in [-0.4, -0.2) is 30.2 Å². The highest BCUT2D eigenvalue weighted by molar-refractivity contribution is 9.10. The highest BCUT2D eigenvalue weighted by Gasteiger charge is 2.43. The first-order chi connectivity index (χ1) is 12.4. The molecule has 2 aromatic rings. The zero-order chi connectivity index (χ0) is 20.1. The van der Waals surface area contributed by atoms with Gasteiger partial charge in [-0.15, -0.1) is 0 Å². The minimum absolute atomic E-state index is 0.0597. The minimum atomic E-state index is -1.78. The topological polar surface area (TPSA) is 44.1 Å². The van der Waals surface area contributed by atoms with Crippen LogP contribution in [0.5, 0.6) is 0 Å². The molecule has 7 heteroatoms. The Morgan fingerprint density at radius 2 is 1.93 bits per heavy atom. The van der Waals surface area contributed by atoms with Crippen molar-refractivity contribution in [1.29, 1.82) is 0 Å². The number of hydrogen-bond acceptors (Lipinski definition) is 4. The molecule has 0 aliphatic heterocycles. The number of nitrogens with zero attached hydrogens (tertiary/aromatic N) is 2. The molecular weight excluding hydrogens is 440 g/mol. The first-order valence-electron chi connectivity index (χ1n) is 9.39. The highest BCUT2D eigenvalue weighted by atomic mass is 79.9. The maximum absolute atomic E-state index is 13.3. The molecule has 3 rings (SSSR count).